The zero-order valence-corrected chi connectivity index (χ0v) is 13.5. The number of furan rings is 1. The Hall–Kier alpha value is -1.88. The van der Waals surface area contributed by atoms with Crippen molar-refractivity contribution in [1.82, 2.24) is 15.2 Å². The van der Waals surface area contributed by atoms with Crippen molar-refractivity contribution >= 4 is 17.0 Å². The standard InChI is InChI=1S/C18H23N3O2/c1-12-2-5-16-15(20-12)10-17(23-16)18(22)21-8-6-14(7-9-21)19-11-13-3-4-13/h2,5,10,13-14,19H,3-4,6-9,11H2,1H3. The molecule has 0 spiro atoms. The molecule has 1 aliphatic heterocycles. The molecule has 2 fully saturated rings. The molecule has 0 radical (unpaired) electrons. The number of fused-ring (bicyclic) bond motifs is 1. The average molecular weight is 313 g/mol. The van der Waals surface area contributed by atoms with Crippen LogP contribution in [0, 0.1) is 12.8 Å². The number of carbonyl (C=O) groups excluding carboxylic acids is 1. The summed E-state index contributed by atoms with van der Waals surface area (Å²) in [7, 11) is 0. The Morgan fingerprint density at radius 3 is 2.83 bits per heavy atom. The molecule has 23 heavy (non-hydrogen) atoms. The number of aromatic nitrogens is 1. The van der Waals surface area contributed by atoms with Gasteiger partial charge in [0.2, 0.25) is 0 Å². The normalized spacial score (nSPS) is 19.4. The zero-order chi connectivity index (χ0) is 15.8. The van der Waals surface area contributed by atoms with Crippen molar-refractivity contribution in [1.29, 1.82) is 0 Å². The number of piperidine rings is 1. The minimum absolute atomic E-state index is 0.0127. The van der Waals surface area contributed by atoms with Crippen LogP contribution < -0.4 is 5.32 Å². The number of hydrogen-bond acceptors (Lipinski definition) is 4. The monoisotopic (exact) mass is 313 g/mol. The third-order valence-corrected chi connectivity index (χ3v) is 4.90. The maximum Gasteiger partial charge on any atom is 0.289 e. The first kappa shape index (κ1) is 14.7. The lowest BCUT2D eigenvalue weighted by Gasteiger charge is -2.32. The van der Waals surface area contributed by atoms with E-state index in [-0.39, 0.29) is 5.91 Å². The topological polar surface area (TPSA) is 58.4 Å². The molecule has 2 aromatic heterocycles. The van der Waals surface area contributed by atoms with Crippen LogP contribution in [0.1, 0.15) is 41.9 Å². The summed E-state index contributed by atoms with van der Waals surface area (Å²) in [6.45, 7) is 4.68. The van der Waals surface area contributed by atoms with E-state index < -0.39 is 0 Å². The Kier molecular flexibility index (Phi) is 3.81. The summed E-state index contributed by atoms with van der Waals surface area (Å²) >= 11 is 0. The van der Waals surface area contributed by atoms with Crippen LogP contribution in [-0.4, -0.2) is 41.5 Å². The van der Waals surface area contributed by atoms with E-state index in [4.69, 9.17) is 4.42 Å². The maximum atomic E-state index is 12.6. The summed E-state index contributed by atoms with van der Waals surface area (Å²) < 4.78 is 5.68. The first-order valence-corrected chi connectivity index (χ1v) is 8.59. The molecule has 5 nitrogen and oxygen atoms in total. The van der Waals surface area contributed by atoms with Crippen LogP contribution in [0.3, 0.4) is 0 Å². The van der Waals surface area contributed by atoms with Gasteiger partial charge in [0.25, 0.3) is 5.91 Å². The number of likely N-dealkylation sites (tertiary alicyclic amines) is 1. The highest BCUT2D eigenvalue weighted by atomic mass is 16.3. The highest BCUT2D eigenvalue weighted by Gasteiger charge is 2.27. The molecule has 2 aromatic rings. The summed E-state index contributed by atoms with van der Waals surface area (Å²) in [6.07, 6.45) is 4.81. The minimum Gasteiger partial charge on any atom is -0.449 e. The number of rotatable bonds is 4. The Morgan fingerprint density at radius 2 is 2.09 bits per heavy atom. The van der Waals surface area contributed by atoms with Crippen LogP contribution in [0.4, 0.5) is 0 Å². The van der Waals surface area contributed by atoms with Gasteiger partial charge >= 0.3 is 0 Å². The van der Waals surface area contributed by atoms with Gasteiger partial charge in [-0.1, -0.05) is 0 Å². The smallest absolute Gasteiger partial charge is 0.289 e. The highest BCUT2D eigenvalue weighted by molar-refractivity contribution is 5.95. The predicted molar refractivity (Wildman–Crippen MR) is 88.4 cm³/mol. The lowest BCUT2D eigenvalue weighted by Crippen LogP contribution is -2.45. The molecule has 0 unspecified atom stereocenters. The Labute approximate surface area is 136 Å². The molecule has 4 rings (SSSR count). The summed E-state index contributed by atoms with van der Waals surface area (Å²) in [6, 6.07) is 6.10. The van der Waals surface area contributed by atoms with Gasteiger partial charge in [-0.05, 0) is 57.2 Å². The molecule has 1 amide bonds. The van der Waals surface area contributed by atoms with Gasteiger partial charge in [0.15, 0.2) is 11.3 Å². The first-order valence-electron chi connectivity index (χ1n) is 8.59. The lowest BCUT2D eigenvalue weighted by atomic mass is 10.0. The Morgan fingerprint density at radius 1 is 1.30 bits per heavy atom. The van der Waals surface area contributed by atoms with Gasteiger partial charge < -0.3 is 14.6 Å². The van der Waals surface area contributed by atoms with Crippen molar-refractivity contribution in [2.75, 3.05) is 19.6 Å². The number of nitrogens with one attached hydrogen (secondary N) is 1. The maximum absolute atomic E-state index is 12.6. The molecule has 1 aliphatic carbocycles. The fourth-order valence-electron chi connectivity index (χ4n) is 3.23. The third kappa shape index (κ3) is 3.24. The van der Waals surface area contributed by atoms with Crippen LogP contribution in [0.5, 0.6) is 0 Å². The van der Waals surface area contributed by atoms with Gasteiger partial charge in [-0.25, -0.2) is 4.98 Å². The second kappa shape index (κ2) is 5.96. The van der Waals surface area contributed by atoms with Crippen LogP contribution in [-0.2, 0) is 0 Å². The van der Waals surface area contributed by atoms with Gasteiger partial charge in [0, 0.05) is 30.9 Å². The van der Waals surface area contributed by atoms with E-state index in [2.05, 4.69) is 10.3 Å². The zero-order valence-electron chi connectivity index (χ0n) is 13.5. The van der Waals surface area contributed by atoms with Gasteiger partial charge in [-0.2, -0.15) is 0 Å². The summed E-state index contributed by atoms with van der Waals surface area (Å²) in [4.78, 5) is 18.9. The molecule has 122 valence electrons. The summed E-state index contributed by atoms with van der Waals surface area (Å²) in [5, 5.41) is 3.64. The van der Waals surface area contributed by atoms with E-state index in [9.17, 15) is 4.79 Å². The van der Waals surface area contributed by atoms with E-state index in [1.165, 1.54) is 12.8 Å². The van der Waals surface area contributed by atoms with E-state index in [1.807, 2.05) is 24.0 Å². The lowest BCUT2D eigenvalue weighted by molar-refractivity contribution is 0.0675. The van der Waals surface area contributed by atoms with Gasteiger partial charge in [0.05, 0.1) is 0 Å². The quantitative estimate of drug-likeness (QED) is 0.943. The average Bonchev–Trinajstić information content (AvgIpc) is 3.30. The molecule has 2 aliphatic rings. The SMILES string of the molecule is Cc1ccc2oc(C(=O)N3CCC(NCC4CC4)CC3)cc2n1. The molecule has 0 aromatic carbocycles. The van der Waals surface area contributed by atoms with E-state index in [0.717, 1.165) is 49.6 Å². The molecule has 1 saturated carbocycles. The molecule has 0 atom stereocenters. The van der Waals surface area contributed by atoms with Gasteiger partial charge in [0.1, 0.15) is 5.52 Å². The van der Waals surface area contributed by atoms with Crippen LogP contribution in [0.2, 0.25) is 0 Å². The number of nitrogens with zero attached hydrogens (tertiary/aromatic N) is 2. The Bertz CT molecular complexity index is 712. The largest absolute Gasteiger partial charge is 0.449 e. The van der Waals surface area contributed by atoms with Crippen molar-refractivity contribution < 1.29 is 9.21 Å². The van der Waals surface area contributed by atoms with Crippen molar-refractivity contribution in [2.24, 2.45) is 5.92 Å². The molecule has 1 N–H and O–H groups in total. The van der Waals surface area contributed by atoms with Gasteiger partial charge in [-0.15, -0.1) is 0 Å². The fourth-order valence-corrected chi connectivity index (χ4v) is 3.23. The van der Waals surface area contributed by atoms with E-state index in [0.29, 0.717) is 17.4 Å². The second-order valence-electron chi connectivity index (χ2n) is 6.86. The number of carbonyl (C=O) groups is 1. The van der Waals surface area contributed by atoms with Crippen molar-refractivity contribution in [3.63, 3.8) is 0 Å². The van der Waals surface area contributed by atoms with Crippen molar-refractivity contribution in [3.8, 4) is 0 Å². The molecular formula is C18H23N3O2. The van der Waals surface area contributed by atoms with E-state index >= 15 is 0 Å². The summed E-state index contributed by atoms with van der Waals surface area (Å²) in [5.41, 5.74) is 2.37. The highest BCUT2D eigenvalue weighted by Crippen LogP contribution is 2.28. The van der Waals surface area contributed by atoms with E-state index in [1.54, 1.807) is 6.07 Å². The molecular weight excluding hydrogens is 290 g/mol. The molecule has 5 heteroatoms. The summed E-state index contributed by atoms with van der Waals surface area (Å²) in [5.74, 6) is 1.30. The number of aryl methyl sites for hydroxylation is 1. The Balaban J connectivity index is 1.38. The fraction of sp³-hybridized carbons (Fsp3) is 0.556. The van der Waals surface area contributed by atoms with Crippen LogP contribution in [0.25, 0.3) is 11.1 Å². The third-order valence-electron chi connectivity index (χ3n) is 4.90. The number of amides is 1. The number of pyridine rings is 1. The van der Waals surface area contributed by atoms with Gasteiger partial charge in [-0.3, -0.25) is 4.79 Å². The minimum atomic E-state index is -0.0127. The van der Waals surface area contributed by atoms with Crippen molar-refractivity contribution in [2.45, 2.75) is 38.6 Å². The van der Waals surface area contributed by atoms with Crippen LogP contribution >= 0.6 is 0 Å². The predicted octanol–water partition coefficient (Wildman–Crippen LogP) is 2.74. The first-order chi connectivity index (χ1) is 11.2. The molecule has 0 bridgehead atoms. The van der Waals surface area contributed by atoms with Crippen LogP contribution in [0.15, 0.2) is 22.6 Å². The number of hydrogen-bond donors (Lipinski definition) is 1. The molecule has 3 heterocycles. The second-order valence-corrected chi connectivity index (χ2v) is 6.86. The molecule has 1 saturated heterocycles. The van der Waals surface area contributed by atoms with Crippen molar-refractivity contribution in [3.05, 3.63) is 29.7 Å².